The minimum absolute atomic E-state index is 0.395. The first kappa shape index (κ1) is 24.9. The van der Waals surface area contributed by atoms with Gasteiger partial charge in [0.1, 0.15) is 0 Å². The quantitative estimate of drug-likeness (QED) is 0.196. The Morgan fingerprint density at radius 1 is 0.576 bits per heavy atom. The first-order valence-corrected chi connectivity index (χ1v) is 11.2. The van der Waals surface area contributed by atoms with Crippen molar-refractivity contribution in [3.8, 4) is 0 Å². The lowest BCUT2D eigenvalue weighted by Crippen LogP contribution is -2.67. The van der Waals surface area contributed by atoms with Crippen LogP contribution in [0.2, 0.25) is 6.32 Å². The average molecular weight is 463 g/mol. The highest BCUT2D eigenvalue weighted by Gasteiger charge is 2.36. The van der Waals surface area contributed by atoms with Gasteiger partial charge in [0.2, 0.25) is 0 Å². The summed E-state index contributed by atoms with van der Waals surface area (Å²) < 4.78 is 81.6. The van der Waals surface area contributed by atoms with Gasteiger partial charge in [-0.1, -0.05) is 111 Å². The van der Waals surface area contributed by atoms with Crippen LogP contribution in [0.4, 0.5) is 26.3 Å². The molecular weight excluding hydrogens is 437 g/mol. The molecular formula is C26H26BF6-. The molecule has 33 heavy (non-hydrogen) atoms. The van der Waals surface area contributed by atoms with Gasteiger partial charge in [-0.05, 0) is 0 Å². The van der Waals surface area contributed by atoms with Crippen LogP contribution in [0.3, 0.4) is 0 Å². The van der Waals surface area contributed by atoms with Crippen LogP contribution in [0.1, 0.15) is 43.7 Å². The monoisotopic (exact) mass is 463 g/mol. The normalized spacial score (nSPS) is 12.7. The topological polar surface area (TPSA) is 0 Å². The summed E-state index contributed by atoms with van der Waals surface area (Å²) in [5, 5.41) is 0. The Bertz CT molecular complexity index is 983. The summed E-state index contributed by atoms with van der Waals surface area (Å²) in [5.41, 5.74) is -0.0863. The third-order valence-electron chi connectivity index (χ3n) is 6.43. The Morgan fingerprint density at radius 2 is 1.06 bits per heavy atom. The molecule has 0 aliphatic rings. The predicted molar refractivity (Wildman–Crippen MR) is 123 cm³/mol. The van der Waals surface area contributed by atoms with Gasteiger partial charge in [0.25, 0.3) is 0 Å². The molecule has 7 heteroatoms. The van der Waals surface area contributed by atoms with Gasteiger partial charge in [-0.25, -0.2) is 0 Å². The Balaban J connectivity index is 2.30. The van der Waals surface area contributed by atoms with Crippen LogP contribution < -0.4 is 16.4 Å². The second-order valence-corrected chi connectivity index (χ2v) is 8.55. The summed E-state index contributed by atoms with van der Waals surface area (Å²) in [5.74, 6) is 0. The van der Waals surface area contributed by atoms with E-state index < -0.39 is 29.6 Å². The summed E-state index contributed by atoms with van der Waals surface area (Å²) in [6.45, 7) is 2.05. The van der Waals surface area contributed by atoms with E-state index in [0.717, 1.165) is 49.0 Å². The summed E-state index contributed by atoms with van der Waals surface area (Å²) in [7, 11) is 0. The fourth-order valence-corrected chi connectivity index (χ4v) is 4.78. The molecule has 3 aromatic carbocycles. The third-order valence-corrected chi connectivity index (χ3v) is 6.43. The van der Waals surface area contributed by atoms with Gasteiger partial charge in [-0.15, -0.1) is 0 Å². The highest BCUT2D eigenvalue weighted by atomic mass is 19.4. The molecule has 3 rings (SSSR count). The van der Waals surface area contributed by atoms with Crippen molar-refractivity contribution in [2.75, 3.05) is 0 Å². The third kappa shape index (κ3) is 5.63. The maximum Gasteiger partial charge on any atom is 0.416 e. The number of rotatable bonds is 8. The highest BCUT2D eigenvalue weighted by Crippen LogP contribution is 2.31. The van der Waals surface area contributed by atoms with E-state index in [1.807, 2.05) is 0 Å². The molecule has 0 aliphatic heterocycles. The van der Waals surface area contributed by atoms with Crippen molar-refractivity contribution in [3.63, 3.8) is 0 Å². The van der Waals surface area contributed by atoms with Gasteiger partial charge in [-0.3, -0.25) is 0 Å². The zero-order valence-corrected chi connectivity index (χ0v) is 18.4. The number of hydrogen-bond donors (Lipinski definition) is 0. The molecule has 0 amide bonds. The van der Waals surface area contributed by atoms with Crippen LogP contribution in [0.25, 0.3) is 0 Å². The molecule has 0 saturated heterocycles. The Labute approximate surface area is 190 Å². The van der Waals surface area contributed by atoms with E-state index in [1.54, 1.807) is 42.5 Å². The van der Waals surface area contributed by atoms with Crippen molar-refractivity contribution < 1.29 is 26.3 Å². The van der Waals surface area contributed by atoms with Crippen LogP contribution in [0.15, 0.2) is 78.9 Å². The molecule has 0 spiro atoms. The van der Waals surface area contributed by atoms with Gasteiger partial charge >= 0.3 is 12.4 Å². The van der Waals surface area contributed by atoms with Gasteiger partial charge in [0, 0.05) is 0 Å². The summed E-state index contributed by atoms with van der Waals surface area (Å²) in [6.07, 6.45) is -7.26. The molecule has 3 aromatic rings. The van der Waals surface area contributed by atoms with E-state index in [-0.39, 0.29) is 0 Å². The molecule has 0 atom stereocenters. The minimum Gasteiger partial charge on any atom is -0.200 e. The van der Waals surface area contributed by atoms with Gasteiger partial charge in [0.05, 0.1) is 17.3 Å². The average Bonchev–Trinajstić information content (AvgIpc) is 2.79. The smallest absolute Gasteiger partial charge is 0.200 e. The largest absolute Gasteiger partial charge is 0.416 e. The van der Waals surface area contributed by atoms with E-state index in [9.17, 15) is 26.3 Å². The van der Waals surface area contributed by atoms with E-state index in [1.165, 1.54) is 12.1 Å². The summed E-state index contributed by atoms with van der Waals surface area (Å²) >= 11 is 0. The maximum atomic E-state index is 13.6. The second kappa shape index (κ2) is 10.1. The molecule has 0 fully saturated rings. The van der Waals surface area contributed by atoms with Crippen molar-refractivity contribution in [2.45, 2.75) is 51.3 Å². The van der Waals surface area contributed by atoms with Gasteiger partial charge in [-0.2, -0.15) is 49.1 Å². The lowest BCUT2D eigenvalue weighted by atomic mass is 9.14. The molecule has 176 valence electrons. The van der Waals surface area contributed by atoms with Gasteiger partial charge < -0.3 is 0 Å². The summed E-state index contributed by atoms with van der Waals surface area (Å²) in [6, 6.07) is 19.1. The number of unbranched alkanes of at least 4 members (excludes halogenated alkanes) is 3. The predicted octanol–water partition coefficient (Wildman–Crippen LogP) is 6.77. The highest BCUT2D eigenvalue weighted by molar-refractivity contribution is 7.11. The molecule has 0 radical (unpaired) electrons. The van der Waals surface area contributed by atoms with Crippen molar-refractivity contribution in [2.24, 2.45) is 0 Å². The standard InChI is InChI=1S/C26H26BF6/c1-2-3-4-8-17-27(22-13-6-5-7-14-22,23-15-9-11-20(18-23)25(28,29)30)24-16-10-12-21(19-24)26(31,32)33/h5-7,9-16,18-19H,2-4,8,17H2,1H3/q-1. The SMILES string of the molecule is CCCCCC[B-](c1ccccc1)(c1cccc(C(F)(F)F)c1)c1cccc(C(F)(F)F)c1. The molecule has 0 heterocycles. The number of halogens is 6. The molecule has 0 nitrogen and oxygen atoms in total. The molecule has 0 aromatic heterocycles. The Kier molecular flexibility index (Phi) is 7.60. The van der Waals surface area contributed by atoms with Crippen molar-refractivity contribution in [3.05, 3.63) is 90.0 Å². The minimum atomic E-state index is -4.55. The lowest BCUT2D eigenvalue weighted by molar-refractivity contribution is -0.138. The van der Waals surface area contributed by atoms with Crippen LogP contribution in [0.5, 0.6) is 0 Å². The molecule has 0 aliphatic carbocycles. The lowest BCUT2D eigenvalue weighted by Gasteiger charge is -2.44. The molecule has 0 bridgehead atoms. The van der Waals surface area contributed by atoms with Crippen LogP contribution in [-0.2, 0) is 12.4 Å². The number of alkyl halides is 6. The summed E-state index contributed by atoms with van der Waals surface area (Å²) in [4.78, 5) is 0. The fourth-order valence-electron chi connectivity index (χ4n) is 4.78. The van der Waals surface area contributed by atoms with Crippen LogP contribution in [-0.4, -0.2) is 6.15 Å². The first-order valence-electron chi connectivity index (χ1n) is 11.2. The zero-order chi connectivity index (χ0) is 24.1. The van der Waals surface area contributed by atoms with E-state index in [0.29, 0.717) is 23.7 Å². The van der Waals surface area contributed by atoms with E-state index in [2.05, 4.69) is 6.92 Å². The van der Waals surface area contributed by atoms with E-state index in [4.69, 9.17) is 0 Å². The van der Waals surface area contributed by atoms with Crippen LogP contribution >= 0.6 is 0 Å². The maximum absolute atomic E-state index is 13.6. The van der Waals surface area contributed by atoms with Crippen LogP contribution in [0, 0.1) is 0 Å². The van der Waals surface area contributed by atoms with Gasteiger partial charge in [0.15, 0.2) is 0 Å². The van der Waals surface area contributed by atoms with Crippen molar-refractivity contribution >= 4 is 22.5 Å². The van der Waals surface area contributed by atoms with Crippen molar-refractivity contribution in [1.29, 1.82) is 0 Å². The fraction of sp³-hybridized carbons (Fsp3) is 0.308. The second-order valence-electron chi connectivity index (χ2n) is 8.55. The van der Waals surface area contributed by atoms with E-state index >= 15 is 0 Å². The molecule has 0 saturated carbocycles. The number of hydrogen-bond acceptors (Lipinski definition) is 0. The number of benzene rings is 3. The Hall–Kier alpha value is -2.70. The molecule has 0 unspecified atom stereocenters. The van der Waals surface area contributed by atoms with Crippen molar-refractivity contribution in [1.82, 2.24) is 0 Å². The zero-order valence-electron chi connectivity index (χ0n) is 18.4. The Morgan fingerprint density at radius 3 is 1.52 bits per heavy atom. The molecule has 0 N–H and O–H groups in total. The first-order chi connectivity index (χ1) is 15.6.